The Labute approximate surface area is 145 Å². The standard InChI is InChI=1S/C22H17N2O/c1-14-7-3-5-9-16(14)20-12-17-18-11-15-8-4-6-10-19(15)23-22(18)25-21(17)13-24(20)2/h3-13H,1-2H3/q+1. The number of nitrogens with zero attached hydrogens (tertiary/aromatic N) is 2. The molecule has 120 valence electrons. The number of hydrogen-bond acceptors (Lipinski definition) is 2. The van der Waals surface area contributed by atoms with Gasteiger partial charge in [0.1, 0.15) is 7.05 Å². The van der Waals surface area contributed by atoms with E-state index in [1.165, 1.54) is 16.8 Å². The summed E-state index contributed by atoms with van der Waals surface area (Å²) in [5, 5.41) is 3.29. The molecule has 0 aliphatic rings. The molecule has 0 aliphatic heterocycles. The Bertz CT molecular complexity index is 1270. The lowest BCUT2D eigenvalue weighted by molar-refractivity contribution is -0.659. The summed E-state index contributed by atoms with van der Waals surface area (Å²) in [7, 11) is 2.05. The fourth-order valence-corrected chi connectivity index (χ4v) is 3.52. The van der Waals surface area contributed by atoms with E-state index >= 15 is 0 Å². The van der Waals surface area contributed by atoms with Gasteiger partial charge >= 0.3 is 0 Å². The van der Waals surface area contributed by atoms with Crippen LogP contribution < -0.4 is 4.57 Å². The summed E-state index contributed by atoms with van der Waals surface area (Å²) in [6.07, 6.45) is 2.05. The van der Waals surface area contributed by atoms with Gasteiger partial charge in [-0.25, -0.2) is 4.98 Å². The van der Waals surface area contributed by atoms with Crippen molar-refractivity contribution in [3.63, 3.8) is 0 Å². The molecule has 3 heteroatoms. The maximum absolute atomic E-state index is 6.03. The summed E-state index contributed by atoms with van der Waals surface area (Å²) in [6.45, 7) is 2.14. The van der Waals surface area contributed by atoms with E-state index in [-0.39, 0.29) is 0 Å². The quantitative estimate of drug-likeness (QED) is 0.409. The molecule has 3 nitrogen and oxygen atoms in total. The van der Waals surface area contributed by atoms with Gasteiger partial charge in [0.15, 0.2) is 0 Å². The van der Waals surface area contributed by atoms with E-state index in [4.69, 9.17) is 4.42 Å². The lowest BCUT2D eigenvalue weighted by Crippen LogP contribution is -2.30. The topological polar surface area (TPSA) is 29.9 Å². The number of fused-ring (bicyclic) bond motifs is 4. The Hall–Kier alpha value is -3.20. The third kappa shape index (κ3) is 2.13. The Balaban J connectivity index is 1.87. The van der Waals surface area contributed by atoms with Crippen molar-refractivity contribution in [2.45, 2.75) is 6.92 Å². The smallest absolute Gasteiger partial charge is 0.228 e. The van der Waals surface area contributed by atoms with E-state index in [1.807, 2.05) is 24.4 Å². The lowest BCUT2D eigenvalue weighted by Gasteiger charge is -2.04. The lowest BCUT2D eigenvalue weighted by atomic mass is 10.0. The van der Waals surface area contributed by atoms with Crippen molar-refractivity contribution in [1.29, 1.82) is 0 Å². The van der Waals surface area contributed by atoms with E-state index in [2.05, 4.69) is 66.0 Å². The largest absolute Gasteiger partial charge is 0.431 e. The third-order valence-corrected chi connectivity index (χ3v) is 4.84. The van der Waals surface area contributed by atoms with E-state index in [9.17, 15) is 0 Å². The maximum Gasteiger partial charge on any atom is 0.228 e. The second-order valence-electron chi connectivity index (χ2n) is 6.50. The van der Waals surface area contributed by atoms with Crippen molar-refractivity contribution in [3.05, 3.63) is 72.4 Å². The molecular formula is C22H17N2O+. The van der Waals surface area contributed by atoms with Gasteiger partial charge in [-0.3, -0.25) is 0 Å². The number of rotatable bonds is 1. The van der Waals surface area contributed by atoms with Crippen LogP contribution in [-0.4, -0.2) is 4.98 Å². The predicted molar refractivity (Wildman–Crippen MR) is 100 cm³/mol. The maximum atomic E-state index is 6.03. The van der Waals surface area contributed by atoms with E-state index in [0.29, 0.717) is 5.71 Å². The molecule has 0 unspecified atom stereocenters. The van der Waals surface area contributed by atoms with Crippen molar-refractivity contribution in [1.82, 2.24) is 4.98 Å². The molecule has 0 radical (unpaired) electrons. The summed E-state index contributed by atoms with van der Waals surface area (Å²) < 4.78 is 8.15. The van der Waals surface area contributed by atoms with Crippen LogP contribution in [0.3, 0.4) is 0 Å². The first-order valence-corrected chi connectivity index (χ1v) is 8.38. The van der Waals surface area contributed by atoms with Gasteiger partial charge < -0.3 is 4.42 Å². The molecule has 0 saturated carbocycles. The average Bonchev–Trinajstić information content (AvgIpc) is 2.96. The minimum atomic E-state index is 0.690. The number of aromatic nitrogens is 2. The Morgan fingerprint density at radius 1 is 0.920 bits per heavy atom. The number of hydrogen-bond donors (Lipinski definition) is 0. The van der Waals surface area contributed by atoms with Crippen LogP contribution in [0.1, 0.15) is 5.56 Å². The normalized spacial score (nSPS) is 11.6. The summed E-state index contributed by atoms with van der Waals surface area (Å²) in [4.78, 5) is 4.69. The number of pyridine rings is 2. The summed E-state index contributed by atoms with van der Waals surface area (Å²) in [5.74, 6) is 0. The van der Waals surface area contributed by atoms with Gasteiger partial charge in [-0.2, -0.15) is 4.57 Å². The highest BCUT2D eigenvalue weighted by Gasteiger charge is 2.18. The molecule has 5 rings (SSSR count). The van der Waals surface area contributed by atoms with Crippen LogP contribution in [0.25, 0.3) is 44.2 Å². The van der Waals surface area contributed by atoms with Gasteiger partial charge in [0.2, 0.25) is 23.2 Å². The Morgan fingerprint density at radius 2 is 1.72 bits per heavy atom. The van der Waals surface area contributed by atoms with Crippen molar-refractivity contribution >= 4 is 33.0 Å². The summed E-state index contributed by atoms with van der Waals surface area (Å²) in [5.41, 5.74) is 6.16. The van der Waals surface area contributed by atoms with Crippen molar-refractivity contribution in [2.24, 2.45) is 7.05 Å². The predicted octanol–water partition coefficient (Wildman–Crippen LogP) is 4.93. The Kier molecular flexibility index (Phi) is 2.92. The van der Waals surface area contributed by atoms with Crippen LogP contribution in [-0.2, 0) is 7.05 Å². The molecule has 0 saturated heterocycles. The minimum absolute atomic E-state index is 0.690. The van der Waals surface area contributed by atoms with Crippen LogP contribution >= 0.6 is 0 Å². The third-order valence-electron chi connectivity index (χ3n) is 4.84. The molecule has 0 amide bonds. The first kappa shape index (κ1) is 14.2. The van der Waals surface area contributed by atoms with Gasteiger partial charge in [-0.1, -0.05) is 36.4 Å². The van der Waals surface area contributed by atoms with Crippen LogP contribution in [0.15, 0.2) is 71.3 Å². The Morgan fingerprint density at radius 3 is 2.60 bits per heavy atom. The van der Waals surface area contributed by atoms with Crippen molar-refractivity contribution in [2.75, 3.05) is 0 Å². The molecule has 2 aromatic carbocycles. The number of aryl methyl sites for hydroxylation is 2. The first-order chi connectivity index (χ1) is 12.2. The summed E-state index contributed by atoms with van der Waals surface area (Å²) >= 11 is 0. The van der Waals surface area contributed by atoms with Crippen molar-refractivity contribution in [3.8, 4) is 11.3 Å². The molecule has 3 aromatic heterocycles. The monoisotopic (exact) mass is 325 g/mol. The molecule has 3 heterocycles. The number of para-hydroxylation sites is 1. The highest BCUT2D eigenvalue weighted by Crippen LogP contribution is 2.32. The van der Waals surface area contributed by atoms with Crippen LogP contribution in [0.5, 0.6) is 0 Å². The van der Waals surface area contributed by atoms with E-state index < -0.39 is 0 Å². The second-order valence-corrected chi connectivity index (χ2v) is 6.50. The minimum Gasteiger partial charge on any atom is -0.431 e. The zero-order chi connectivity index (χ0) is 17.0. The van der Waals surface area contributed by atoms with Crippen LogP contribution in [0, 0.1) is 6.92 Å². The zero-order valence-electron chi connectivity index (χ0n) is 14.2. The van der Waals surface area contributed by atoms with Gasteiger partial charge in [0, 0.05) is 27.8 Å². The van der Waals surface area contributed by atoms with Crippen molar-refractivity contribution < 1.29 is 8.98 Å². The van der Waals surface area contributed by atoms with Gasteiger partial charge in [0.25, 0.3) is 0 Å². The molecule has 0 fully saturated rings. The van der Waals surface area contributed by atoms with Crippen LogP contribution in [0.2, 0.25) is 0 Å². The number of benzene rings is 2. The molecule has 0 bridgehead atoms. The molecule has 5 aromatic rings. The van der Waals surface area contributed by atoms with E-state index in [1.54, 1.807) is 0 Å². The van der Waals surface area contributed by atoms with Gasteiger partial charge in [-0.15, -0.1) is 0 Å². The SMILES string of the molecule is Cc1ccccc1-c1cc2c(c[n+]1C)oc1nc3ccccc3cc12. The second kappa shape index (κ2) is 5.15. The molecule has 0 N–H and O–H groups in total. The number of furan rings is 1. The molecule has 0 spiro atoms. The van der Waals surface area contributed by atoms with Gasteiger partial charge in [-0.05, 0) is 30.7 Å². The molecular weight excluding hydrogens is 308 g/mol. The summed E-state index contributed by atoms with van der Waals surface area (Å²) in [6, 6.07) is 21.0. The van der Waals surface area contributed by atoms with Crippen LogP contribution in [0.4, 0.5) is 0 Å². The zero-order valence-corrected chi connectivity index (χ0v) is 14.2. The first-order valence-electron chi connectivity index (χ1n) is 8.38. The molecule has 25 heavy (non-hydrogen) atoms. The highest BCUT2D eigenvalue weighted by molar-refractivity contribution is 6.07. The average molecular weight is 325 g/mol. The van der Waals surface area contributed by atoms with E-state index in [0.717, 1.165) is 27.3 Å². The fraction of sp³-hybridized carbons (Fsp3) is 0.0909. The fourth-order valence-electron chi connectivity index (χ4n) is 3.52. The molecule has 0 atom stereocenters. The van der Waals surface area contributed by atoms with Gasteiger partial charge in [0.05, 0.1) is 5.52 Å². The highest BCUT2D eigenvalue weighted by atomic mass is 16.3. The molecule has 0 aliphatic carbocycles.